The molecule has 2 N–H and O–H groups in total. The molecule has 0 aromatic heterocycles. The highest BCUT2D eigenvalue weighted by molar-refractivity contribution is 5.95. The number of ether oxygens (including phenoxy) is 1. The Morgan fingerprint density at radius 3 is 2.71 bits per heavy atom. The average Bonchev–Trinajstić information content (AvgIpc) is 2.08. The molecule has 0 fully saturated rings. The highest BCUT2D eigenvalue weighted by Crippen LogP contribution is 2.15. The minimum Gasteiger partial charge on any atom is -0.459 e. The van der Waals surface area contributed by atoms with Gasteiger partial charge in [0.05, 0.1) is 11.7 Å². The van der Waals surface area contributed by atoms with Crippen LogP contribution in [0.4, 0.5) is 10.1 Å². The Labute approximate surface area is 81.7 Å². The molecule has 0 saturated heterocycles. The van der Waals surface area contributed by atoms with Gasteiger partial charge in [-0.3, -0.25) is 0 Å². The van der Waals surface area contributed by atoms with Crippen LogP contribution in [0.25, 0.3) is 0 Å². The van der Waals surface area contributed by atoms with Gasteiger partial charge in [-0.15, -0.1) is 0 Å². The summed E-state index contributed by atoms with van der Waals surface area (Å²) < 4.78 is 17.7. The molecule has 0 atom stereocenters. The summed E-state index contributed by atoms with van der Waals surface area (Å²) in [6.07, 6.45) is -0.245. The van der Waals surface area contributed by atoms with Crippen molar-refractivity contribution >= 4 is 11.7 Å². The molecule has 0 aliphatic rings. The van der Waals surface area contributed by atoms with E-state index < -0.39 is 11.8 Å². The summed E-state index contributed by atoms with van der Waals surface area (Å²) in [6, 6.07) is 3.60. The van der Waals surface area contributed by atoms with Crippen molar-refractivity contribution in [2.24, 2.45) is 0 Å². The monoisotopic (exact) mass is 197 g/mol. The maximum absolute atomic E-state index is 12.8. The molecule has 3 nitrogen and oxygen atoms in total. The second-order valence-corrected chi connectivity index (χ2v) is 3.19. The van der Waals surface area contributed by atoms with Gasteiger partial charge in [0.2, 0.25) is 0 Å². The second kappa shape index (κ2) is 4.09. The third-order valence-corrected chi connectivity index (χ3v) is 1.58. The third-order valence-electron chi connectivity index (χ3n) is 1.58. The highest BCUT2D eigenvalue weighted by Gasteiger charge is 2.13. The zero-order valence-electron chi connectivity index (χ0n) is 8.08. The van der Waals surface area contributed by atoms with Crippen LogP contribution >= 0.6 is 0 Å². The van der Waals surface area contributed by atoms with Gasteiger partial charge in [-0.1, -0.05) is 0 Å². The fourth-order valence-electron chi connectivity index (χ4n) is 0.983. The van der Waals surface area contributed by atoms with Crippen LogP contribution in [0.15, 0.2) is 18.2 Å². The van der Waals surface area contributed by atoms with Crippen LogP contribution in [0, 0.1) is 5.82 Å². The molecule has 0 aliphatic heterocycles. The number of benzene rings is 1. The van der Waals surface area contributed by atoms with Gasteiger partial charge in [0.25, 0.3) is 0 Å². The summed E-state index contributed by atoms with van der Waals surface area (Å²) >= 11 is 0. The lowest BCUT2D eigenvalue weighted by molar-refractivity contribution is 0.0378. The van der Waals surface area contributed by atoms with Crippen LogP contribution in [0.2, 0.25) is 0 Å². The minimum absolute atomic E-state index is 0.0682. The second-order valence-electron chi connectivity index (χ2n) is 3.19. The lowest BCUT2D eigenvalue weighted by atomic mass is 10.2. The lowest BCUT2D eigenvalue weighted by Gasteiger charge is -2.09. The van der Waals surface area contributed by atoms with Gasteiger partial charge in [0.15, 0.2) is 0 Å². The van der Waals surface area contributed by atoms with E-state index in [9.17, 15) is 9.18 Å². The number of carbonyl (C=O) groups is 1. The molecule has 1 aromatic carbocycles. The molecule has 76 valence electrons. The van der Waals surface area contributed by atoms with Crippen molar-refractivity contribution < 1.29 is 13.9 Å². The SMILES string of the molecule is CC(C)OC(=O)c1cc(F)ccc1N. The number of rotatable bonds is 2. The molecule has 0 spiro atoms. The summed E-state index contributed by atoms with van der Waals surface area (Å²) in [7, 11) is 0. The summed E-state index contributed by atoms with van der Waals surface area (Å²) in [5.41, 5.74) is 5.79. The van der Waals surface area contributed by atoms with Crippen molar-refractivity contribution in [1.82, 2.24) is 0 Å². The van der Waals surface area contributed by atoms with Gasteiger partial charge in [-0.25, -0.2) is 9.18 Å². The van der Waals surface area contributed by atoms with Gasteiger partial charge < -0.3 is 10.5 Å². The number of halogens is 1. The molecule has 0 aliphatic carbocycles. The van der Waals surface area contributed by atoms with Gasteiger partial charge in [0.1, 0.15) is 5.82 Å². The van der Waals surface area contributed by atoms with Crippen molar-refractivity contribution in [2.75, 3.05) is 5.73 Å². The van der Waals surface area contributed by atoms with Crippen LogP contribution in [-0.2, 0) is 4.74 Å². The number of carbonyl (C=O) groups excluding carboxylic acids is 1. The van der Waals surface area contributed by atoms with Crippen LogP contribution < -0.4 is 5.73 Å². The van der Waals surface area contributed by atoms with Crippen molar-refractivity contribution in [3.8, 4) is 0 Å². The van der Waals surface area contributed by atoms with E-state index >= 15 is 0 Å². The first kappa shape index (κ1) is 10.5. The van der Waals surface area contributed by atoms with Gasteiger partial charge in [0, 0.05) is 5.69 Å². The predicted molar refractivity (Wildman–Crippen MR) is 51.4 cm³/mol. The van der Waals surface area contributed by atoms with E-state index in [1.165, 1.54) is 12.1 Å². The van der Waals surface area contributed by atoms with E-state index in [2.05, 4.69) is 0 Å². The molecule has 0 unspecified atom stereocenters. The molecule has 14 heavy (non-hydrogen) atoms. The molecule has 1 aromatic rings. The van der Waals surface area contributed by atoms with E-state index in [0.29, 0.717) is 0 Å². The number of hydrogen-bond acceptors (Lipinski definition) is 3. The maximum atomic E-state index is 12.8. The molecule has 0 amide bonds. The van der Waals surface area contributed by atoms with E-state index in [1.54, 1.807) is 13.8 Å². The number of anilines is 1. The summed E-state index contributed by atoms with van der Waals surface area (Å²) in [5.74, 6) is -1.10. The highest BCUT2D eigenvalue weighted by atomic mass is 19.1. The van der Waals surface area contributed by atoms with Gasteiger partial charge in [-0.05, 0) is 32.0 Å². The van der Waals surface area contributed by atoms with E-state index in [4.69, 9.17) is 10.5 Å². The fraction of sp³-hybridized carbons (Fsp3) is 0.300. The van der Waals surface area contributed by atoms with Crippen LogP contribution in [-0.4, -0.2) is 12.1 Å². The summed E-state index contributed by atoms with van der Waals surface area (Å²) in [4.78, 5) is 11.4. The number of esters is 1. The van der Waals surface area contributed by atoms with Gasteiger partial charge in [-0.2, -0.15) is 0 Å². The number of nitrogens with two attached hydrogens (primary N) is 1. The summed E-state index contributed by atoms with van der Waals surface area (Å²) in [5, 5.41) is 0. The molecule has 0 saturated carbocycles. The van der Waals surface area contributed by atoms with Crippen molar-refractivity contribution in [3.63, 3.8) is 0 Å². The lowest BCUT2D eigenvalue weighted by Crippen LogP contribution is -2.13. The molecule has 0 radical (unpaired) electrons. The topological polar surface area (TPSA) is 52.3 Å². The van der Waals surface area contributed by atoms with Crippen molar-refractivity contribution in [2.45, 2.75) is 20.0 Å². The van der Waals surface area contributed by atoms with E-state index in [-0.39, 0.29) is 17.4 Å². The molecule has 0 heterocycles. The first-order valence-electron chi connectivity index (χ1n) is 4.26. The van der Waals surface area contributed by atoms with E-state index in [1.807, 2.05) is 0 Å². The Hall–Kier alpha value is -1.58. The largest absolute Gasteiger partial charge is 0.459 e. The fourth-order valence-corrected chi connectivity index (χ4v) is 0.983. The molecule has 0 bridgehead atoms. The van der Waals surface area contributed by atoms with Crippen molar-refractivity contribution in [3.05, 3.63) is 29.6 Å². The average molecular weight is 197 g/mol. The van der Waals surface area contributed by atoms with Crippen LogP contribution in [0.1, 0.15) is 24.2 Å². The zero-order valence-corrected chi connectivity index (χ0v) is 8.08. The third kappa shape index (κ3) is 2.45. The Kier molecular flexibility index (Phi) is 3.06. The zero-order chi connectivity index (χ0) is 10.7. The molecular weight excluding hydrogens is 185 g/mol. The van der Waals surface area contributed by atoms with Crippen LogP contribution in [0.3, 0.4) is 0 Å². The molecular formula is C10H12FNO2. The maximum Gasteiger partial charge on any atom is 0.340 e. The number of nitrogen functional groups attached to an aromatic ring is 1. The summed E-state index contributed by atoms with van der Waals surface area (Å²) in [6.45, 7) is 3.43. The Balaban J connectivity index is 2.94. The van der Waals surface area contributed by atoms with Crippen molar-refractivity contribution in [1.29, 1.82) is 0 Å². The first-order chi connectivity index (χ1) is 6.50. The quantitative estimate of drug-likeness (QED) is 0.582. The molecule has 4 heteroatoms. The standard InChI is InChI=1S/C10H12FNO2/c1-6(2)14-10(13)8-5-7(11)3-4-9(8)12/h3-6H,12H2,1-2H3. The number of hydrogen-bond donors (Lipinski definition) is 1. The first-order valence-corrected chi connectivity index (χ1v) is 4.26. The van der Waals surface area contributed by atoms with Gasteiger partial charge >= 0.3 is 5.97 Å². The predicted octanol–water partition coefficient (Wildman–Crippen LogP) is 1.97. The Morgan fingerprint density at radius 1 is 1.50 bits per heavy atom. The molecule has 1 rings (SSSR count). The van der Waals surface area contributed by atoms with E-state index in [0.717, 1.165) is 6.07 Å². The Morgan fingerprint density at radius 2 is 2.14 bits per heavy atom. The normalized spacial score (nSPS) is 10.3. The minimum atomic E-state index is -0.600. The Bertz CT molecular complexity index is 350. The van der Waals surface area contributed by atoms with Crippen LogP contribution in [0.5, 0.6) is 0 Å². The smallest absolute Gasteiger partial charge is 0.340 e.